The van der Waals surface area contributed by atoms with E-state index in [-0.39, 0.29) is 16.3 Å². The van der Waals surface area contributed by atoms with E-state index in [1.807, 2.05) is 0 Å². The lowest BCUT2D eigenvalue weighted by molar-refractivity contribution is -0.137. The molecule has 0 saturated heterocycles. The van der Waals surface area contributed by atoms with Gasteiger partial charge in [0.25, 0.3) is 0 Å². The van der Waals surface area contributed by atoms with Gasteiger partial charge < -0.3 is 4.98 Å². The molecule has 31 heavy (non-hydrogen) atoms. The Morgan fingerprint density at radius 3 is 2.45 bits per heavy atom. The minimum absolute atomic E-state index is 0.00514. The monoisotopic (exact) mass is 441 g/mol. The van der Waals surface area contributed by atoms with Gasteiger partial charge in [0.15, 0.2) is 5.82 Å². The minimum atomic E-state index is -4.44. The van der Waals surface area contributed by atoms with Crippen LogP contribution < -0.4 is 5.14 Å². The van der Waals surface area contributed by atoms with Crippen LogP contribution in [0.1, 0.15) is 17.0 Å². The molecule has 1 aromatic heterocycles. The predicted molar refractivity (Wildman–Crippen MR) is 110 cm³/mol. The molecule has 0 spiro atoms. The normalized spacial score (nSPS) is 11.9. The van der Waals surface area contributed by atoms with Crippen molar-refractivity contribution in [1.82, 2.24) is 9.97 Å². The van der Waals surface area contributed by atoms with Crippen molar-refractivity contribution >= 4 is 21.1 Å². The maximum atomic E-state index is 12.8. The largest absolute Gasteiger partial charge is 0.416 e. The Balaban J connectivity index is 1.71. The van der Waals surface area contributed by atoms with Crippen molar-refractivity contribution in [1.29, 1.82) is 0 Å². The van der Waals surface area contributed by atoms with Gasteiger partial charge in [-0.25, -0.2) is 18.5 Å². The summed E-state index contributed by atoms with van der Waals surface area (Å²) in [5.41, 5.74) is 1.63. The molecule has 9 heteroatoms. The second-order valence-corrected chi connectivity index (χ2v) is 8.22. The predicted octanol–water partition coefficient (Wildman–Crippen LogP) is 4.30. The molecular weight excluding hydrogens is 427 g/mol. The minimum Gasteiger partial charge on any atom is -0.331 e. The Bertz CT molecular complexity index is 1460. The highest BCUT2D eigenvalue weighted by molar-refractivity contribution is 7.89. The van der Waals surface area contributed by atoms with Crippen LogP contribution in [-0.4, -0.2) is 18.4 Å². The van der Waals surface area contributed by atoms with Gasteiger partial charge >= 0.3 is 6.18 Å². The number of sulfonamides is 1. The molecule has 3 aromatic carbocycles. The smallest absolute Gasteiger partial charge is 0.331 e. The van der Waals surface area contributed by atoms with Gasteiger partial charge in [-0.05, 0) is 47.9 Å². The van der Waals surface area contributed by atoms with Gasteiger partial charge in [0.05, 0.1) is 21.5 Å². The first-order valence-electron chi connectivity index (χ1n) is 8.92. The summed E-state index contributed by atoms with van der Waals surface area (Å²) in [6, 6.07) is 16.2. The maximum Gasteiger partial charge on any atom is 0.416 e. The highest BCUT2D eigenvalue weighted by Gasteiger charge is 2.30. The van der Waals surface area contributed by atoms with E-state index in [4.69, 9.17) is 5.14 Å². The lowest BCUT2D eigenvalue weighted by Gasteiger charge is -2.07. The fourth-order valence-corrected chi connectivity index (χ4v) is 3.85. The summed E-state index contributed by atoms with van der Waals surface area (Å²) in [4.78, 5) is 7.32. The summed E-state index contributed by atoms with van der Waals surface area (Å²) < 4.78 is 62.3. The van der Waals surface area contributed by atoms with Crippen molar-refractivity contribution < 1.29 is 21.6 Å². The molecule has 1 heterocycles. The van der Waals surface area contributed by atoms with E-state index < -0.39 is 21.8 Å². The number of alkyl halides is 3. The van der Waals surface area contributed by atoms with Gasteiger partial charge in [-0.15, -0.1) is 0 Å². The summed E-state index contributed by atoms with van der Waals surface area (Å²) in [5.74, 6) is 5.66. The molecule has 0 radical (unpaired) electrons. The van der Waals surface area contributed by atoms with Crippen LogP contribution >= 0.6 is 0 Å². The van der Waals surface area contributed by atoms with Crippen molar-refractivity contribution in [2.45, 2.75) is 11.1 Å². The van der Waals surface area contributed by atoms with Gasteiger partial charge in [0.2, 0.25) is 10.0 Å². The van der Waals surface area contributed by atoms with Crippen LogP contribution in [0.15, 0.2) is 71.6 Å². The van der Waals surface area contributed by atoms with Crippen LogP contribution in [0, 0.1) is 11.8 Å². The van der Waals surface area contributed by atoms with Crippen LogP contribution in [0.25, 0.3) is 22.2 Å². The Kier molecular flexibility index (Phi) is 5.05. The quantitative estimate of drug-likeness (QED) is 0.455. The van der Waals surface area contributed by atoms with Crippen molar-refractivity contribution in [3.8, 4) is 23.0 Å². The third-order valence-corrected chi connectivity index (χ3v) is 5.47. The average molecular weight is 441 g/mol. The first kappa shape index (κ1) is 20.7. The van der Waals surface area contributed by atoms with E-state index in [0.717, 1.165) is 12.1 Å². The highest BCUT2D eigenvalue weighted by Crippen LogP contribution is 2.30. The van der Waals surface area contributed by atoms with Crippen molar-refractivity contribution in [3.63, 3.8) is 0 Å². The molecule has 5 nitrogen and oxygen atoms in total. The third-order valence-electron chi connectivity index (χ3n) is 4.50. The summed E-state index contributed by atoms with van der Waals surface area (Å²) in [6.45, 7) is 0. The zero-order valence-corrected chi connectivity index (χ0v) is 16.6. The molecule has 0 aliphatic carbocycles. The van der Waals surface area contributed by atoms with Crippen LogP contribution in [0.3, 0.4) is 0 Å². The first-order chi connectivity index (χ1) is 14.6. The fraction of sp³-hybridized carbons (Fsp3) is 0.0455. The number of rotatable bonds is 2. The van der Waals surface area contributed by atoms with E-state index in [0.29, 0.717) is 22.2 Å². The molecule has 156 valence electrons. The number of fused-ring (bicyclic) bond motifs is 1. The van der Waals surface area contributed by atoms with Crippen molar-refractivity contribution in [2.24, 2.45) is 5.14 Å². The van der Waals surface area contributed by atoms with Crippen LogP contribution in [0.5, 0.6) is 0 Å². The molecular formula is C22H14F3N3O2S. The molecule has 0 amide bonds. The van der Waals surface area contributed by atoms with Gasteiger partial charge in [0, 0.05) is 11.1 Å². The number of aromatic amines is 1. The number of H-pyrrole nitrogens is 1. The van der Waals surface area contributed by atoms with Gasteiger partial charge in [0.1, 0.15) is 0 Å². The van der Waals surface area contributed by atoms with Crippen LogP contribution in [0.2, 0.25) is 0 Å². The third kappa shape index (κ3) is 4.45. The van der Waals surface area contributed by atoms with Crippen LogP contribution in [0.4, 0.5) is 13.2 Å². The number of benzene rings is 3. The summed E-state index contributed by atoms with van der Waals surface area (Å²) in [5, 5.41) is 5.31. The molecule has 0 unspecified atom stereocenters. The van der Waals surface area contributed by atoms with E-state index in [1.165, 1.54) is 18.2 Å². The lowest BCUT2D eigenvalue weighted by atomic mass is 10.1. The molecule has 0 saturated carbocycles. The summed E-state index contributed by atoms with van der Waals surface area (Å²) in [6.07, 6.45) is -4.44. The van der Waals surface area contributed by atoms with Gasteiger partial charge in [-0.1, -0.05) is 36.3 Å². The Morgan fingerprint density at radius 2 is 1.71 bits per heavy atom. The molecule has 0 atom stereocenters. The zero-order valence-electron chi connectivity index (χ0n) is 15.7. The molecule has 0 fully saturated rings. The standard InChI is InChI=1S/C22H14F3N3O2S/c23-22(24,25)16-5-3-4-14(12-16)8-11-21-27-18-10-9-15(13-19(18)28-21)17-6-1-2-7-20(17)31(26,29)30/h1-7,9-10,12-13H,(H,27,28)(H2,26,29,30). The molecule has 3 N–H and O–H groups in total. The summed E-state index contributed by atoms with van der Waals surface area (Å²) in [7, 11) is -3.91. The number of nitrogens with zero attached hydrogens (tertiary/aromatic N) is 1. The Morgan fingerprint density at radius 1 is 0.935 bits per heavy atom. The Hall–Kier alpha value is -3.61. The highest BCUT2D eigenvalue weighted by atomic mass is 32.2. The second-order valence-electron chi connectivity index (χ2n) is 6.69. The molecule has 0 aliphatic heterocycles. The number of hydrogen-bond donors (Lipinski definition) is 2. The Labute approximate surface area is 175 Å². The summed E-state index contributed by atoms with van der Waals surface area (Å²) >= 11 is 0. The number of nitrogens with two attached hydrogens (primary N) is 1. The number of halogens is 3. The molecule has 0 aliphatic rings. The first-order valence-corrected chi connectivity index (χ1v) is 10.5. The van der Waals surface area contributed by atoms with Gasteiger partial charge in [-0.2, -0.15) is 13.2 Å². The zero-order chi connectivity index (χ0) is 22.2. The van der Waals surface area contributed by atoms with Crippen LogP contribution in [-0.2, 0) is 16.2 Å². The topological polar surface area (TPSA) is 88.8 Å². The number of primary sulfonamides is 1. The number of imidazole rings is 1. The number of nitrogens with one attached hydrogen (secondary N) is 1. The SMILES string of the molecule is NS(=O)(=O)c1ccccc1-c1ccc2[nH]c(C#Cc3cccc(C(F)(F)F)c3)nc2c1. The maximum absolute atomic E-state index is 12.8. The van der Waals surface area contributed by atoms with E-state index in [1.54, 1.807) is 36.4 Å². The molecule has 4 rings (SSSR count). The lowest BCUT2D eigenvalue weighted by Crippen LogP contribution is -2.13. The number of aromatic nitrogens is 2. The second kappa shape index (κ2) is 7.58. The van der Waals surface area contributed by atoms with E-state index in [9.17, 15) is 21.6 Å². The average Bonchev–Trinajstić information content (AvgIpc) is 3.13. The van der Waals surface area contributed by atoms with E-state index in [2.05, 4.69) is 21.8 Å². The molecule has 0 bridgehead atoms. The van der Waals surface area contributed by atoms with Gasteiger partial charge in [-0.3, -0.25) is 0 Å². The number of hydrogen-bond acceptors (Lipinski definition) is 3. The van der Waals surface area contributed by atoms with Crippen molar-refractivity contribution in [2.75, 3.05) is 0 Å². The van der Waals surface area contributed by atoms with Crippen molar-refractivity contribution in [3.05, 3.63) is 83.7 Å². The van der Waals surface area contributed by atoms with E-state index >= 15 is 0 Å². The molecule has 4 aromatic rings. The fourth-order valence-electron chi connectivity index (χ4n) is 3.09.